The molecule has 0 heterocycles. The number of amides is 1. The molecule has 1 radical (unpaired) electrons. The minimum Gasteiger partial charge on any atom is -0.409 e. The van der Waals surface area contributed by atoms with Gasteiger partial charge in [0.25, 0.3) is 0 Å². The van der Waals surface area contributed by atoms with Crippen molar-refractivity contribution < 1.29 is 9.53 Å². The molecule has 1 amide bonds. The molecule has 19 heavy (non-hydrogen) atoms. The fraction of sp³-hybridized carbons (Fsp3) is 0.222. The van der Waals surface area contributed by atoms with Gasteiger partial charge in [-0.2, -0.15) is 31.6 Å². The van der Waals surface area contributed by atoms with Crippen molar-refractivity contribution in [1.29, 1.82) is 31.6 Å². The Morgan fingerprint density at radius 1 is 1.00 bits per heavy atom. The quantitative estimate of drug-likeness (QED) is 0.367. The minimum atomic E-state index is -2.70. The maximum Gasteiger partial charge on any atom is 0.439 e. The zero-order valence-corrected chi connectivity index (χ0v) is 12.6. The third-order valence-corrected chi connectivity index (χ3v) is 1.63. The van der Waals surface area contributed by atoms with Gasteiger partial charge in [0.15, 0.2) is 5.92 Å². The van der Waals surface area contributed by atoms with Crippen LogP contribution in [0.4, 0.5) is 4.79 Å². The molecule has 0 bridgehead atoms. The van der Waals surface area contributed by atoms with Crippen LogP contribution in [0.15, 0.2) is 0 Å². The summed E-state index contributed by atoms with van der Waals surface area (Å²) < 4.78 is 4.30. The monoisotopic (exact) mass is 278 g/mol. The number of rotatable bonds is 2. The van der Waals surface area contributed by atoms with Gasteiger partial charge in [-0.1, -0.05) is 0 Å². The molecule has 0 aliphatic rings. The first kappa shape index (κ1) is 19.2. The summed E-state index contributed by atoms with van der Waals surface area (Å²) >= 11 is 0. The van der Waals surface area contributed by atoms with Crippen molar-refractivity contribution in [3.63, 3.8) is 0 Å². The van der Waals surface area contributed by atoms with Crippen LogP contribution in [0.3, 0.4) is 0 Å². The van der Waals surface area contributed by atoms with Gasteiger partial charge in [0.2, 0.25) is 12.4 Å². The number of carbonyl (C=O) groups is 1. The summed E-state index contributed by atoms with van der Waals surface area (Å²) in [7, 11) is 0. The third kappa shape index (κ3) is 4.22. The summed E-state index contributed by atoms with van der Waals surface area (Å²) in [5, 5.41) is 51.4. The van der Waals surface area contributed by atoms with E-state index in [4.69, 9.17) is 31.6 Å². The normalized spacial score (nSPS) is 7.95. The Labute approximate surface area is 150 Å². The molecule has 0 N–H and O–H groups in total. The average molecular weight is 278 g/mol. The average Bonchev–Trinajstić information content (AvgIpc) is 2.40. The fourth-order valence-electron chi connectivity index (χ4n) is 0.757. The molecule has 9 nitrogen and oxygen atoms in total. The Kier molecular flexibility index (Phi) is 8.96. The van der Waals surface area contributed by atoms with E-state index in [1.54, 1.807) is 0 Å². The predicted octanol–water partition coefficient (Wildman–Crippen LogP) is -0.544. The number of hydrogen-bond acceptors (Lipinski definition) is 8. The Morgan fingerprint density at radius 3 is 1.68 bits per heavy atom. The molecule has 0 aromatic carbocycles. The summed E-state index contributed by atoms with van der Waals surface area (Å²) in [6.45, 7) is 0. The third-order valence-electron chi connectivity index (χ3n) is 1.63. The van der Waals surface area contributed by atoms with Gasteiger partial charge in [0.1, 0.15) is 12.1 Å². The Hall–Kier alpha value is -2.15. The van der Waals surface area contributed by atoms with Gasteiger partial charge in [0.05, 0.1) is 12.1 Å². The first-order chi connectivity index (χ1) is 8.54. The second-order valence-electron chi connectivity index (χ2n) is 2.55. The van der Waals surface area contributed by atoms with Gasteiger partial charge in [-0.25, -0.2) is 4.79 Å². The van der Waals surface area contributed by atoms with Crippen LogP contribution in [0.25, 0.3) is 0 Å². The molecule has 0 aliphatic heterocycles. The summed E-state index contributed by atoms with van der Waals surface area (Å²) in [6, 6.07) is 5.03. The molecule has 0 saturated heterocycles. The molecule has 0 saturated carbocycles. The summed E-state index contributed by atoms with van der Waals surface area (Å²) in [4.78, 5) is 11.1. The van der Waals surface area contributed by atoms with E-state index in [1.165, 1.54) is 24.3 Å². The number of ether oxygens (including phenoxy) is 1. The van der Waals surface area contributed by atoms with E-state index in [9.17, 15) is 4.79 Å². The largest absolute Gasteiger partial charge is 0.439 e. The topological polar surface area (TPSA) is 172 Å². The number of nitrogens with zero attached hydrogens (tertiary/aromatic N) is 7. The van der Waals surface area contributed by atoms with Crippen molar-refractivity contribution >= 4 is 57.5 Å². The van der Waals surface area contributed by atoms with E-state index in [0.29, 0.717) is 0 Å². The number of hydrogen-bond donors (Lipinski definition) is 0. The maximum absolute atomic E-state index is 11.2. The molecule has 0 fully saturated rings. The van der Waals surface area contributed by atoms with Crippen LogP contribution in [0, 0.1) is 74.2 Å². The van der Waals surface area contributed by atoms with Crippen LogP contribution in [-0.4, -0.2) is 68.0 Å². The maximum atomic E-state index is 11.2. The molecule has 0 spiro atoms. The van der Waals surface area contributed by atoms with Crippen LogP contribution in [0.5, 0.6) is 0 Å². The van der Waals surface area contributed by atoms with Crippen LogP contribution in [0.2, 0.25) is 0 Å². The molecule has 85 valence electrons. The van der Waals surface area contributed by atoms with Gasteiger partial charge >= 0.3 is 11.7 Å². The van der Waals surface area contributed by atoms with E-state index >= 15 is 0 Å². The second kappa shape index (κ2) is 8.87. The Morgan fingerprint density at radius 2 is 1.42 bits per heavy atom. The Balaban J connectivity index is 0. The van der Waals surface area contributed by atoms with E-state index in [2.05, 4.69) is 4.74 Å². The molecular formula is C9HKN7O2. The molecule has 0 rings (SSSR count). The van der Waals surface area contributed by atoms with Gasteiger partial charge in [0, 0.05) is 51.4 Å². The smallest absolute Gasteiger partial charge is 0.409 e. The first-order valence-electron chi connectivity index (χ1n) is 3.99. The standard InChI is InChI=1S/C9HN7O2.K/c10-1-7(2-11)9(3-12,4-13)18-8(17)16(5-14)6-15;/h7H;. The molecule has 0 atom stereocenters. The fourth-order valence-corrected chi connectivity index (χ4v) is 0.757. The first-order valence-corrected chi connectivity index (χ1v) is 3.99. The van der Waals surface area contributed by atoms with Crippen LogP contribution >= 0.6 is 0 Å². The molecule has 0 aliphatic carbocycles. The van der Waals surface area contributed by atoms with Crippen molar-refractivity contribution in [2.24, 2.45) is 5.92 Å². The zero-order chi connectivity index (χ0) is 14.2. The number of nitriles is 6. The van der Waals surface area contributed by atoms with Gasteiger partial charge < -0.3 is 4.74 Å². The molecule has 0 aromatic heterocycles. The van der Waals surface area contributed by atoms with E-state index < -0.39 is 17.6 Å². The van der Waals surface area contributed by atoms with E-state index in [-0.39, 0.29) is 56.3 Å². The van der Waals surface area contributed by atoms with E-state index in [0.717, 1.165) is 12.4 Å². The SMILES string of the molecule is N#CC(C#N)C(C#N)(C#N)OC(=O)N(C#N)C#N.[K]. The Bertz CT molecular complexity index is 561. The number of carbonyl (C=O) groups excluding carboxylic acids is 1. The minimum absolute atomic E-state index is 0. The van der Waals surface area contributed by atoms with Crippen LogP contribution in [-0.2, 0) is 4.74 Å². The molecule has 0 unspecified atom stereocenters. The molecule has 10 heteroatoms. The summed E-state index contributed by atoms with van der Waals surface area (Å²) in [5.41, 5.74) is -2.70. The zero-order valence-electron chi connectivity index (χ0n) is 9.52. The van der Waals surface area contributed by atoms with Crippen molar-refractivity contribution in [2.75, 3.05) is 0 Å². The van der Waals surface area contributed by atoms with Crippen molar-refractivity contribution in [1.82, 2.24) is 4.90 Å². The van der Waals surface area contributed by atoms with Crippen LogP contribution < -0.4 is 0 Å². The molecular weight excluding hydrogens is 277 g/mol. The van der Waals surface area contributed by atoms with Gasteiger partial charge in [-0.3, -0.25) is 0 Å². The van der Waals surface area contributed by atoms with Gasteiger partial charge in [-0.05, 0) is 0 Å². The van der Waals surface area contributed by atoms with E-state index in [1.807, 2.05) is 0 Å². The van der Waals surface area contributed by atoms with Crippen molar-refractivity contribution in [3.8, 4) is 36.7 Å². The second-order valence-corrected chi connectivity index (χ2v) is 2.55. The summed E-state index contributed by atoms with van der Waals surface area (Å²) in [5.74, 6) is -1.88. The van der Waals surface area contributed by atoms with Gasteiger partial charge in [-0.15, -0.1) is 4.90 Å². The van der Waals surface area contributed by atoms with Crippen molar-refractivity contribution in [3.05, 3.63) is 0 Å². The van der Waals surface area contributed by atoms with Crippen molar-refractivity contribution in [2.45, 2.75) is 5.60 Å². The predicted molar refractivity (Wildman–Crippen MR) is 54.0 cm³/mol. The summed E-state index contributed by atoms with van der Waals surface area (Å²) in [6.07, 6.45) is 0.594. The van der Waals surface area contributed by atoms with Crippen LogP contribution in [0.1, 0.15) is 0 Å². The molecule has 0 aromatic rings.